The first-order chi connectivity index (χ1) is 12.5. The molecule has 1 atom stereocenters. The van der Waals surface area contributed by atoms with Crippen molar-refractivity contribution in [2.75, 3.05) is 19.6 Å². The minimum Gasteiger partial charge on any atom is -0.357 e. The van der Waals surface area contributed by atoms with Gasteiger partial charge in [0, 0.05) is 31.9 Å². The third-order valence-electron chi connectivity index (χ3n) is 4.11. The molecule has 7 heteroatoms. The quantitative estimate of drug-likeness (QED) is 0.339. The van der Waals surface area contributed by atoms with E-state index < -0.39 is 0 Å². The minimum atomic E-state index is -0.201. The van der Waals surface area contributed by atoms with Gasteiger partial charge in [0.2, 0.25) is 0 Å². The van der Waals surface area contributed by atoms with Crippen LogP contribution in [0.4, 0.5) is 4.39 Å². The normalized spacial score (nSPS) is 12.4. The standard InChI is InChI=1S/C20H30FN5.HI/c1-5-22-20(23-11-10-18-6-8-19(21)9-7-18)24-13-15(2)14-26-17(4)12-16(3)25-26;/h6-9,12,15H,5,10-11,13-14H2,1-4H3,(H2,22,23,24);1H. The number of rotatable bonds is 8. The summed E-state index contributed by atoms with van der Waals surface area (Å²) in [7, 11) is 0. The van der Waals surface area contributed by atoms with Crippen molar-refractivity contribution in [2.45, 2.75) is 40.7 Å². The highest BCUT2D eigenvalue weighted by Crippen LogP contribution is 2.07. The molecule has 0 fully saturated rings. The van der Waals surface area contributed by atoms with Crippen LogP contribution >= 0.6 is 24.0 Å². The van der Waals surface area contributed by atoms with E-state index in [0.29, 0.717) is 5.92 Å². The van der Waals surface area contributed by atoms with Crippen LogP contribution in [0.25, 0.3) is 0 Å². The topological polar surface area (TPSA) is 54.2 Å². The fraction of sp³-hybridized carbons (Fsp3) is 0.500. The monoisotopic (exact) mass is 487 g/mol. The Morgan fingerprint density at radius 2 is 1.93 bits per heavy atom. The third-order valence-corrected chi connectivity index (χ3v) is 4.11. The second kappa shape index (κ2) is 11.9. The van der Waals surface area contributed by atoms with E-state index in [-0.39, 0.29) is 29.8 Å². The second-order valence-electron chi connectivity index (χ2n) is 6.74. The SMILES string of the molecule is CCNC(=NCC(C)Cn1nc(C)cc1C)NCCc1ccc(F)cc1.I. The minimum absolute atomic E-state index is 0. The number of nitrogens with zero attached hydrogens (tertiary/aromatic N) is 3. The first kappa shape index (κ1) is 23.4. The van der Waals surface area contributed by atoms with Crippen molar-refractivity contribution in [3.8, 4) is 0 Å². The molecule has 0 aliphatic carbocycles. The lowest BCUT2D eigenvalue weighted by atomic mass is 10.1. The molecule has 150 valence electrons. The Bertz CT molecular complexity index is 712. The van der Waals surface area contributed by atoms with Gasteiger partial charge >= 0.3 is 0 Å². The molecule has 0 amide bonds. The zero-order valence-electron chi connectivity index (χ0n) is 16.6. The highest BCUT2D eigenvalue weighted by atomic mass is 127. The van der Waals surface area contributed by atoms with Crippen molar-refractivity contribution < 1.29 is 4.39 Å². The molecule has 0 aliphatic heterocycles. The first-order valence-corrected chi connectivity index (χ1v) is 9.25. The Balaban J connectivity index is 0.00000364. The van der Waals surface area contributed by atoms with Gasteiger partial charge in [-0.25, -0.2) is 4.39 Å². The molecule has 0 saturated heterocycles. The molecule has 27 heavy (non-hydrogen) atoms. The molecule has 0 spiro atoms. The maximum Gasteiger partial charge on any atom is 0.191 e. The average molecular weight is 487 g/mol. The number of hydrogen-bond acceptors (Lipinski definition) is 2. The molecular weight excluding hydrogens is 456 g/mol. The lowest BCUT2D eigenvalue weighted by Crippen LogP contribution is -2.38. The molecule has 1 aromatic heterocycles. The van der Waals surface area contributed by atoms with E-state index in [4.69, 9.17) is 0 Å². The van der Waals surface area contributed by atoms with Crippen molar-refractivity contribution in [2.24, 2.45) is 10.9 Å². The van der Waals surface area contributed by atoms with E-state index in [0.717, 1.165) is 49.8 Å². The summed E-state index contributed by atoms with van der Waals surface area (Å²) in [5.41, 5.74) is 3.34. The van der Waals surface area contributed by atoms with Crippen molar-refractivity contribution in [1.29, 1.82) is 0 Å². The Hall–Kier alpha value is -1.64. The van der Waals surface area contributed by atoms with Gasteiger partial charge in [-0.3, -0.25) is 9.67 Å². The third kappa shape index (κ3) is 8.28. The van der Waals surface area contributed by atoms with E-state index >= 15 is 0 Å². The van der Waals surface area contributed by atoms with Crippen LogP contribution in [0.5, 0.6) is 0 Å². The van der Waals surface area contributed by atoms with E-state index in [1.165, 1.54) is 17.8 Å². The lowest BCUT2D eigenvalue weighted by Gasteiger charge is -2.14. The van der Waals surface area contributed by atoms with Crippen LogP contribution in [-0.4, -0.2) is 35.4 Å². The molecule has 0 aliphatic rings. The molecule has 0 bridgehead atoms. The number of aromatic nitrogens is 2. The van der Waals surface area contributed by atoms with Gasteiger partial charge in [-0.05, 0) is 56.9 Å². The summed E-state index contributed by atoms with van der Waals surface area (Å²) in [6.45, 7) is 11.5. The van der Waals surface area contributed by atoms with Crippen LogP contribution in [0.1, 0.15) is 30.8 Å². The van der Waals surface area contributed by atoms with Gasteiger partial charge in [0.05, 0.1) is 5.69 Å². The summed E-state index contributed by atoms with van der Waals surface area (Å²) < 4.78 is 15.0. The van der Waals surface area contributed by atoms with Gasteiger partial charge in [-0.2, -0.15) is 5.10 Å². The fourth-order valence-corrected chi connectivity index (χ4v) is 2.78. The predicted octanol–water partition coefficient (Wildman–Crippen LogP) is 3.69. The zero-order valence-corrected chi connectivity index (χ0v) is 19.0. The zero-order chi connectivity index (χ0) is 18.9. The highest BCUT2D eigenvalue weighted by Gasteiger charge is 2.07. The van der Waals surface area contributed by atoms with Crippen LogP contribution in [0, 0.1) is 25.6 Å². The van der Waals surface area contributed by atoms with Gasteiger partial charge in [-0.15, -0.1) is 24.0 Å². The smallest absolute Gasteiger partial charge is 0.191 e. The largest absolute Gasteiger partial charge is 0.357 e. The van der Waals surface area contributed by atoms with Gasteiger partial charge < -0.3 is 10.6 Å². The summed E-state index contributed by atoms with van der Waals surface area (Å²) in [6, 6.07) is 8.72. The summed E-state index contributed by atoms with van der Waals surface area (Å²) in [5.74, 6) is 1.00. The average Bonchev–Trinajstić information content (AvgIpc) is 2.91. The maximum absolute atomic E-state index is 12.9. The molecule has 1 heterocycles. The van der Waals surface area contributed by atoms with Crippen molar-refractivity contribution in [3.63, 3.8) is 0 Å². The van der Waals surface area contributed by atoms with Crippen LogP contribution < -0.4 is 10.6 Å². The van der Waals surface area contributed by atoms with Crippen LogP contribution in [0.3, 0.4) is 0 Å². The molecule has 5 nitrogen and oxygen atoms in total. The fourth-order valence-electron chi connectivity index (χ4n) is 2.78. The number of guanidine groups is 1. The molecule has 2 rings (SSSR count). The van der Waals surface area contributed by atoms with Gasteiger partial charge in [-0.1, -0.05) is 19.1 Å². The van der Waals surface area contributed by atoms with Crippen LogP contribution in [-0.2, 0) is 13.0 Å². The molecular formula is C20H31FIN5. The van der Waals surface area contributed by atoms with E-state index in [1.54, 1.807) is 0 Å². The predicted molar refractivity (Wildman–Crippen MR) is 120 cm³/mol. The maximum atomic E-state index is 12.9. The molecule has 2 N–H and O–H groups in total. The number of halogens is 2. The molecule has 0 saturated carbocycles. The Morgan fingerprint density at radius 1 is 1.22 bits per heavy atom. The van der Waals surface area contributed by atoms with E-state index in [9.17, 15) is 4.39 Å². The number of aryl methyl sites for hydroxylation is 2. The molecule has 1 aromatic carbocycles. The van der Waals surface area contributed by atoms with Crippen molar-refractivity contribution >= 4 is 29.9 Å². The number of hydrogen-bond donors (Lipinski definition) is 2. The van der Waals surface area contributed by atoms with Gasteiger partial charge in [0.15, 0.2) is 5.96 Å². The molecule has 1 unspecified atom stereocenters. The van der Waals surface area contributed by atoms with E-state index in [2.05, 4.69) is 47.6 Å². The Kier molecular flexibility index (Phi) is 10.4. The summed E-state index contributed by atoms with van der Waals surface area (Å²) in [4.78, 5) is 4.68. The first-order valence-electron chi connectivity index (χ1n) is 9.25. The highest BCUT2D eigenvalue weighted by molar-refractivity contribution is 14.0. The van der Waals surface area contributed by atoms with Crippen molar-refractivity contribution in [3.05, 3.63) is 53.1 Å². The summed E-state index contributed by atoms with van der Waals surface area (Å²) in [5, 5.41) is 11.1. The lowest BCUT2D eigenvalue weighted by molar-refractivity contribution is 0.449. The van der Waals surface area contributed by atoms with Gasteiger partial charge in [0.1, 0.15) is 5.82 Å². The second-order valence-corrected chi connectivity index (χ2v) is 6.74. The molecule has 0 radical (unpaired) electrons. The Morgan fingerprint density at radius 3 is 2.52 bits per heavy atom. The summed E-state index contributed by atoms with van der Waals surface area (Å²) in [6.07, 6.45) is 0.825. The summed E-state index contributed by atoms with van der Waals surface area (Å²) >= 11 is 0. The van der Waals surface area contributed by atoms with Crippen LogP contribution in [0.15, 0.2) is 35.3 Å². The Labute approximate surface area is 178 Å². The van der Waals surface area contributed by atoms with Crippen molar-refractivity contribution in [1.82, 2.24) is 20.4 Å². The van der Waals surface area contributed by atoms with Crippen LogP contribution in [0.2, 0.25) is 0 Å². The number of nitrogens with one attached hydrogen (secondary N) is 2. The number of aliphatic imine (C=N–C) groups is 1. The molecule has 2 aromatic rings. The van der Waals surface area contributed by atoms with Gasteiger partial charge in [0.25, 0.3) is 0 Å². The van der Waals surface area contributed by atoms with E-state index in [1.807, 2.05) is 23.7 Å². The number of benzene rings is 1.